The third kappa shape index (κ3) is 4.81. The Morgan fingerprint density at radius 2 is 1.72 bits per heavy atom. The Morgan fingerprint density at radius 3 is 2.22 bits per heavy atom. The van der Waals surface area contributed by atoms with Crippen LogP contribution in [-0.2, 0) is 0 Å². The van der Waals surface area contributed by atoms with Crippen molar-refractivity contribution in [3.05, 3.63) is 35.9 Å². The molecule has 1 N–H and O–H groups in total. The second-order valence-corrected chi connectivity index (χ2v) is 5.62. The summed E-state index contributed by atoms with van der Waals surface area (Å²) >= 11 is 0. The molecule has 2 atom stereocenters. The predicted octanol–water partition coefficient (Wildman–Crippen LogP) is 4.59. The summed E-state index contributed by atoms with van der Waals surface area (Å²) in [5.41, 5.74) is 1.49. The molecule has 2 unspecified atom stereocenters. The van der Waals surface area contributed by atoms with Crippen molar-refractivity contribution in [1.82, 2.24) is 5.32 Å². The van der Waals surface area contributed by atoms with Gasteiger partial charge in [-0.05, 0) is 43.2 Å². The summed E-state index contributed by atoms with van der Waals surface area (Å²) in [6.45, 7) is 10.3. The summed E-state index contributed by atoms with van der Waals surface area (Å²) < 4.78 is 0. The van der Waals surface area contributed by atoms with Gasteiger partial charge in [-0.25, -0.2) is 0 Å². The number of nitrogens with one attached hydrogen (secondary N) is 1. The van der Waals surface area contributed by atoms with E-state index in [4.69, 9.17) is 0 Å². The first-order chi connectivity index (χ1) is 8.69. The number of hydrogen-bond acceptors (Lipinski definition) is 1. The second-order valence-electron chi connectivity index (χ2n) is 5.62. The lowest BCUT2D eigenvalue weighted by Gasteiger charge is -2.29. The molecule has 1 heteroatoms. The molecular weight excluding hydrogens is 218 g/mol. The molecule has 0 saturated carbocycles. The Labute approximate surface area is 113 Å². The van der Waals surface area contributed by atoms with Crippen LogP contribution in [0.3, 0.4) is 0 Å². The van der Waals surface area contributed by atoms with Crippen molar-refractivity contribution in [3.63, 3.8) is 0 Å². The van der Waals surface area contributed by atoms with E-state index in [2.05, 4.69) is 63.3 Å². The highest BCUT2D eigenvalue weighted by Crippen LogP contribution is 2.28. The highest BCUT2D eigenvalue weighted by atomic mass is 14.9. The molecular formula is C17H29N. The maximum absolute atomic E-state index is 3.72. The highest BCUT2D eigenvalue weighted by molar-refractivity contribution is 5.21. The molecule has 1 aromatic rings. The minimum Gasteiger partial charge on any atom is -0.313 e. The third-order valence-electron chi connectivity index (χ3n) is 3.54. The Morgan fingerprint density at radius 1 is 1.06 bits per heavy atom. The zero-order valence-electron chi connectivity index (χ0n) is 12.4. The van der Waals surface area contributed by atoms with E-state index >= 15 is 0 Å². The molecule has 0 aliphatic carbocycles. The minimum absolute atomic E-state index is 0.606. The molecule has 0 aliphatic heterocycles. The van der Waals surface area contributed by atoms with Crippen LogP contribution < -0.4 is 5.32 Å². The lowest BCUT2D eigenvalue weighted by Crippen LogP contribution is -2.35. The van der Waals surface area contributed by atoms with E-state index in [1.165, 1.54) is 24.8 Å². The van der Waals surface area contributed by atoms with Crippen LogP contribution in [0.5, 0.6) is 0 Å². The Balaban J connectivity index is 2.82. The Kier molecular flexibility index (Phi) is 7.04. The summed E-state index contributed by atoms with van der Waals surface area (Å²) in [6, 6.07) is 11.6. The molecule has 0 radical (unpaired) electrons. The van der Waals surface area contributed by atoms with Crippen molar-refractivity contribution < 1.29 is 0 Å². The van der Waals surface area contributed by atoms with Gasteiger partial charge >= 0.3 is 0 Å². The van der Waals surface area contributed by atoms with Crippen molar-refractivity contribution in [2.24, 2.45) is 5.92 Å². The highest BCUT2D eigenvalue weighted by Gasteiger charge is 2.21. The van der Waals surface area contributed by atoms with Crippen LogP contribution in [0.4, 0.5) is 0 Å². The summed E-state index contributed by atoms with van der Waals surface area (Å²) in [6.07, 6.45) is 3.67. The monoisotopic (exact) mass is 247 g/mol. The van der Waals surface area contributed by atoms with Crippen molar-refractivity contribution in [2.45, 2.75) is 58.9 Å². The normalized spacial score (nSPS) is 14.7. The fraction of sp³-hybridized carbons (Fsp3) is 0.647. The summed E-state index contributed by atoms with van der Waals surface area (Å²) in [4.78, 5) is 0. The fourth-order valence-electron chi connectivity index (χ4n) is 2.64. The van der Waals surface area contributed by atoms with Crippen LogP contribution >= 0.6 is 0 Å². The minimum atomic E-state index is 0.606. The van der Waals surface area contributed by atoms with E-state index in [0.29, 0.717) is 12.0 Å². The zero-order chi connectivity index (χ0) is 13.4. The molecule has 18 heavy (non-hydrogen) atoms. The van der Waals surface area contributed by atoms with Crippen LogP contribution in [0.25, 0.3) is 0 Å². The van der Waals surface area contributed by atoms with Gasteiger partial charge in [-0.2, -0.15) is 0 Å². The molecule has 0 aromatic heterocycles. The molecule has 0 bridgehead atoms. The van der Waals surface area contributed by atoms with Gasteiger partial charge in [0.2, 0.25) is 0 Å². The lowest BCUT2D eigenvalue weighted by molar-refractivity contribution is 0.368. The molecule has 0 saturated heterocycles. The molecule has 1 rings (SSSR count). The van der Waals surface area contributed by atoms with Crippen LogP contribution in [0.1, 0.15) is 58.4 Å². The molecule has 102 valence electrons. The molecule has 0 fully saturated rings. The Bertz CT molecular complexity index is 305. The van der Waals surface area contributed by atoms with E-state index < -0.39 is 0 Å². The van der Waals surface area contributed by atoms with Crippen molar-refractivity contribution in [3.8, 4) is 0 Å². The van der Waals surface area contributed by atoms with E-state index in [0.717, 1.165) is 12.5 Å². The van der Waals surface area contributed by atoms with Crippen molar-refractivity contribution in [1.29, 1.82) is 0 Å². The number of rotatable bonds is 8. The van der Waals surface area contributed by atoms with Gasteiger partial charge in [-0.1, -0.05) is 58.0 Å². The van der Waals surface area contributed by atoms with Gasteiger partial charge < -0.3 is 5.32 Å². The number of hydrogen-bond donors (Lipinski definition) is 1. The summed E-state index contributed by atoms with van der Waals surface area (Å²) in [7, 11) is 0. The van der Waals surface area contributed by atoms with Crippen molar-refractivity contribution >= 4 is 0 Å². The smallest absolute Gasteiger partial charge is 0.0133 e. The molecule has 0 heterocycles. The maximum atomic E-state index is 3.72. The first kappa shape index (κ1) is 15.2. The van der Waals surface area contributed by atoms with E-state index in [9.17, 15) is 0 Å². The number of benzene rings is 1. The molecule has 0 aliphatic rings. The average molecular weight is 247 g/mol. The van der Waals surface area contributed by atoms with E-state index in [1.807, 2.05) is 0 Å². The Hall–Kier alpha value is -0.820. The van der Waals surface area contributed by atoms with Gasteiger partial charge in [0.15, 0.2) is 0 Å². The largest absolute Gasteiger partial charge is 0.313 e. The van der Waals surface area contributed by atoms with Gasteiger partial charge in [0.25, 0.3) is 0 Å². The van der Waals surface area contributed by atoms with Crippen LogP contribution in [0, 0.1) is 5.92 Å². The first-order valence-corrected chi connectivity index (χ1v) is 7.47. The van der Waals surface area contributed by atoms with Gasteiger partial charge in [0.05, 0.1) is 0 Å². The fourth-order valence-corrected chi connectivity index (χ4v) is 2.64. The zero-order valence-corrected chi connectivity index (χ0v) is 12.4. The van der Waals surface area contributed by atoms with Crippen LogP contribution in [0.2, 0.25) is 0 Å². The lowest BCUT2D eigenvalue weighted by atomic mass is 9.83. The quantitative estimate of drug-likeness (QED) is 0.708. The molecule has 1 aromatic carbocycles. The predicted molar refractivity (Wildman–Crippen MR) is 81.0 cm³/mol. The summed E-state index contributed by atoms with van der Waals surface area (Å²) in [5.74, 6) is 1.38. The first-order valence-electron chi connectivity index (χ1n) is 7.47. The van der Waals surface area contributed by atoms with E-state index in [1.54, 1.807) is 0 Å². The molecule has 0 spiro atoms. The molecule has 1 nitrogen and oxygen atoms in total. The van der Waals surface area contributed by atoms with Crippen LogP contribution in [0.15, 0.2) is 30.3 Å². The van der Waals surface area contributed by atoms with Gasteiger partial charge in [0, 0.05) is 6.04 Å². The SMILES string of the molecule is CCCNC(CC)C(CC(C)C)c1ccccc1. The van der Waals surface area contributed by atoms with Gasteiger partial charge in [0.1, 0.15) is 0 Å². The van der Waals surface area contributed by atoms with Crippen molar-refractivity contribution in [2.75, 3.05) is 6.54 Å². The van der Waals surface area contributed by atoms with Gasteiger partial charge in [-0.15, -0.1) is 0 Å². The second kappa shape index (κ2) is 8.31. The average Bonchev–Trinajstić information content (AvgIpc) is 2.39. The third-order valence-corrected chi connectivity index (χ3v) is 3.54. The standard InChI is InChI=1S/C17H29N/c1-5-12-18-17(6-2)16(13-14(3)4)15-10-8-7-9-11-15/h7-11,14,16-18H,5-6,12-13H2,1-4H3. The van der Waals surface area contributed by atoms with Gasteiger partial charge in [-0.3, -0.25) is 0 Å². The van der Waals surface area contributed by atoms with Crippen LogP contribution in [-0.4, -0.2) is 12.6 Å². The topological polar surface area (TPSA) is 12.0 Å². The maximum Gasteiger partial charge on any atom is 0.0133 e. The van der Waals surface area contributed by atoms with E-state index in [-0.39, 0.29) is 0 Å². The molecule has 0 amide bonds. The summed E-state index contributed by atoms with van der Waals surface area (Å²) in [5, 5.41) is 3.72.